The third kappa shape index (κ3) is 2.38. The number of aliphatic hydroxyl groups excluding tert-OH is 1. The first kappa shape index (κ1) is 12.7. The minimum absolute atomic E-state index is 0.132. The maximum atomic E-state index is 10.6. The Morgan fingerprint density at radius 1 is 1.20 bits per heavy atom. The molecule has 3 rings (SSSR count). The van der Waals surface area contributed by atoms with Crippen LogP contribution in [0.3, 0.4) is 0 Å². The standard InChI is InChI=1S/C14H10N2O3S/c17-8-9-3-5-10(6-4-9)12(18)14-16-15-13(19-14)11-2-1-7-20-11/h1-8,12,18H. The van der Waals surface area contributed by atoms with E-state index in [0.29, 0.717) is 17.0 Å². The second-order valence-electron chi connectivity index (χ2n) is 4.11. The Balaban J connectivity index is 1.86. The van der Waals surface area contributed by atoms with Crippen molar-refractivity contribution in [3.63, 3.8) is 0 Å². The normalized spacial score (nSPS) is 12.2. The Morgan fingerprint density at radius 3 is 2.65 bits per heavy atom. The summed E-state index contributed by atoms with van der Waals surface area (Å²) in [6.45, 7) is 0. The van der Waals surface area contributed by atoms with Crippen molar-refractivity contribution in [3.8, 4) is 10.8 Å². The zero-order valence-corrected chi connectivity index (χ0v) is 11.1. The smallest absolute Gasteiger partial charge is 0.257 e. The Morgan fingerprint density at radius 2 is 2.00 bits per heavy atom. The Kier molecular flexibility index (Phi) is 3.41. The lowest BCUT2D eigenvalue weighted by Crippen LogP contribution is -2.00. The minimum atomic E-state index is -1.00. The monoisotopic (exact) mass is 286 g/mol. The van der Waals surface area contributed by atoms with Crippen LogP contribution in [0.2, 0.25) is 0 Å². The fraction of sp³-hybridized carbons (Fsp3) is 0.0714. The van der Waals surface area contributed by atoms with Gasteiger partial charge in [0.1, 0.15) is 6.29 Å². The average molecular weight is 286 g/mol. The molecule has 0 radical (unpaired) electrons. The number of benzene rings is 1. The van der Waals surface area contributed by atoms with Crippen molar-refractivity contribution in [3.05, 3.63) is 58.8 Å². The second-order valence-corrected chi connectivity index (χ2v) is 5.06. The molecule has 3 aromatic rings. The van der Waals surface area contributed by atoms with Crippen molar-refractivity contribution in [1.29, 1.82) is 0 Å². The van der Waals surface area contributed by atoms with Crippen LogP contribution in [0.5, 0.6) is 0 Å². The van der Waals surface area contributed by atoms with Gasteiger partial charge in [-0.05, 0) is 17.0 Å². The van der Waals surface area contributed by atoms with Crippen molar-refractivity contribution in [2.24, 2.45) is 0 Å². The number of carbonyl (C=O) groups is 1. The molecule has 0 bridgehead atoms. The van der Waals surface area contributed by atoms with E-state index < -0.39 is 6.10 Å². The highest BCUT2D eigenvalue weighted by molar-refractivity contribution is 7.13. The van der Waals surface area contributed by atoms with Gasteiger partial charge in [0.2, 0.25) is 5.89 Å². The van der Waals surface area contributed by atoms with Crippen molar-refractivity contribution in [1.82, 2.24) is 10.2 Å². The molecule has 0 aliphatic carbocycles. The second kappa shape index (κ2) is 5.36. The number of aliphatic hydroxyl groups is 1. The molecule has 2 aromatic heterocycles. The Hall–Kier alpha value is -2.31. The van der Waals surface area contributed by atoms with E-state index in [1.54, 1.807) is 24.3 Å². The number of hydrogen-bond acceptors (Lipinski definition) is 6. The predicted octanol–water partition coefficient (Wildman–Crippen LogP) is 2.69. The molecule has 1 atom stereocenters. The summed E-state index contributed by atoms with van der Waals surface area (Å²) in [5, 5.41) is 19.9. The van der Waals surface area contributed by atoms with Crippen molar-refractivity contribution >= 4 is 17.6 Å². The Bertz CT molecular complexity index is 704. The van der Waals surface area contributed by atoms with E-state index in [0.717, 1.165) is 11.2 Å². The summed E-state index contributed by atoms with van der Waals surface area (Å²) in [6.07, 6.45) is -0.255. The number of hydrogen-bond donors (Lipinski definition) is 1. The highest BCUT2D eigenvalue weighted by Crippen LogP contribution is 2.27. The summed E-state index contributed by atoms with van der Waals surface area (Å²) in [7, 11) is 0. The van der Waals surface area contributed by atoms with E-state index in [2.05, 4.69) is 10.2 Å². The van der Waals surface area contributed by atoms with Crippen molar-refractivity contribution < 1.29 is 14.3 Å². The minimum Gasteiger partial charge on any atom is -0.417 e. The fourth-order valence-electron chi connectivity index (χ4n) is 1.74. The van der Waals surface area contributed by atoms with Gasteiger partial charge in [-0.2, -0.15) is 0 Å². The number of nitrogens with zero attached hydrogens (tertiary/aromatic N) is 2. The molecule has 6 heteroatoms. The van der Waals surface area contributed by atoms with E-state index in [-0.39, 0.29) is 5.89 Å². The van der Waals surface area contributed by atoms with Gasteiger partial charge in [0.15, 0.2) is 6.10 Å². The molecule has 0 aliphatic heterocycles. The van der Waals surface area contributed by atoms with E-state index in [9.17, 15) is 9.90 Å². The highest BCUT2D eigenvalue weighted by Gasteiger charge is 2.18. The molecular formula is C14H10N2O3S. The molecule has 5 nitrogen and oxygen atoms in total. The summed E-state index contributed by atoms with van der Waals surface area (Å²) in [5.74, 6) is 0.519. The maximum Gasteiger partial charge on any atom is 0.257 e. The van der Waals surface area contributed by atoms with Gasteiger partial charge in [-0.1, -0.05) is 30.3 Å². The molecule has 20 heavy (non-hydrogen) atoms. The molecule has 0 saturated carbocycles. The zero-order chi connectivity index (χ0) is 13.9. The third-order valence-corrected chi connectivity index (χ3v) is 3.65. The lowest BCUT2D eigenvalue weighted by Gasteiger charge is -2.05. The number of carbonyl (C=O) groups excluding carboxylic acids is 1. The summed E-state index contributed by atoms with van der Waals surface area (Å²) >= 11 is 1.49. The molecular weight excluding hydrogens is 276 g/mol. The SMILES string of the molecule is O=Cc1ccc(C(O)c2nnc(-c3cccs3)o2)cc1. The first-order valence-electron chi connectivity index (χ1n) is 5.88. The topological polar surface area (TPSA) is 76.2 Å². The van der Waals surface area contributed by atoms with Gasteiger partial charge in [-0.3, -0.25) is 4.79 Å². The quantitative estimate of drug-likeness (QED) is 0.746. The third-order valence-electron chi connectivity index (χ3n) is 2.79. The summed E-state index contributed by atoms with van der Waals surface area (Å²) < 4.78 is 5.47. The first-order valence-corrected chi connectivity index (χ1v) is 6.76. The fourth-order valence-corrected chi connectivity index (χ4v) is 2.39. The summed E-state index contributed by atoms with van der Waals surface area (Å²) in [4.78, 5) is 11.4. The van der Waals surface area contributed by atoms with E-state index in [1.807, 2.05) is 17.5 Å². The predicted molar refractivity (Wildman–Crippen MR) is 73.5 cm³/mol. The molecule has 1 N–H and O–H groups in total. The van der Waals surface area contributed by atoms with Crippen LogP contribution in [-0.4, -0.2) is 21.6 Å². The maximum absolute atomic E-state index is 10.6. The van der Waals surface area contributed by atoms with Crippen LogP contribution < -0.4 is 0 Å². The van der Waals surface area contributed by atoms with E-state index in [4.69, 9.17) is 4.42 Å². The number of thiophene rings is 1. The number of rotatable bonds is 4. The van der Waals surface area contributed by atoms with E-state index >= 15 is 0 Å². The average Bonchev–Trinajstić information content (AvgIpc) is 3.17. The van der Waals surface area contributed by atoms with Crippen LogP contribution in [0.4, 0.5) is 0 Å². The summed E-state index contributed by atoms with van der Waals surface area (Å²) in [5.41, 5.74) is 1.14. The van der Waals surface area contributed by atoms with Crippen molar-refractivity contribution in [2.75, 3.05) is 0 Å². The van der Waals surface area contributed by atoms with E-state index in [1.165, 1.54) is 11.3 Å². The van der Waals surface area contributed by atoms with Gasteiger partial charge >= 0.3 is 0 Å². The van der Waals surface area contributed by atoms with Crippen molar-refractivity contribution in [2.45, 2.75) is 6.10 Å². The summed E-state index contributed by atoms with van der Waals surface area (Å²) in [6, 6.07) is 10.3. The van der Waals surface area contributed by atoms with Gasteiger partial charge < -0.3 is 9.52 Å². The van der Waals surface area contributed by atoms with Gasteiger partial charge in [0.25, 0.3) is 5.89 Å². The van der Waals surface area contributed by atoms with Crippen LogP contribution >= 0.6 is 11.3 Å². The van der Waals surface area contributed by atoms with Gasteiger partial charge in [-0.15, -0.1) is 21.5 Å². The van der Waals surface area contributed by atoms with Crippen LogP contribution in [0.1, 0.15) is 27.9 Å². The molecule has 1 unspecified atom stereocenters. The van der Waals surface area contributed by atoms with Gasteiger partial charge in [0, 0.05) is 5.56 Å². The molecule has 0 saturated heterocycles. The first-order chi connectivity index (χ1) is 9.78. The molecule has 0 aliphatic rings. The lowest BCUT2D eigenvalue weighted by atomic mass is 10.1. The molecule has 2 heterocycles. The van der Waals surface area contributed by atoms with Crippen LogP contribution in [-0.2, 0) is 0 Å². The molecule has 0 spiro atoms. The van der Waals surface area contributed by atoms with Crippen LogP contribution in [0.25, 0.3) is 10.8 Å². The van der Waals surface area contributed by atoms with Crippen LogP contribution in [0, 0.1) is 0 Å². The molecule has 1 aromatic carbocycles. The number of aldehydes is 1. The van der Waals surface area contributed by atoms with Gasteiger partial charge in [-0.25, -0.2) is 0 Å². The largest absolute Gasteiger partial charge is 0.417 e. The molecule has 0 fully saturated rings. The number of aromatic nitrogens is 2. The highest BCUT2D eigenvalue weighted by atomic mass is 32.1. The van der Waals surface area contributed by atoms with Gasteiger partial charge in [0.05, 0.1) is 4.88 Å². The lowest BCUT2D eigenvalue weighted by molar-refractivity contribution is 0.112. The zero-order valence-electron chi connectivity index (χ0n) is 10.3. The van der Waals surface area contributed by atoms with Crippen LogP contribution in [0.15, 0.2) is 46.2 Å². The Labute approximate surface area is 118 Å². The molecule has 100 valence electrons. The molecule has 0 amide bonds.